The van der Waals surface area contributed by atoms with Gasteiger partial charge in [-0.2, -0.15) is 0 Å². The van der Waals surface area contributed by atoms with Crippen molar-refractivity contribution >= 4 is 11.9 Å². The van der Waals surface area contributed by atoms with E-state index in [2.05, 4.69) is 6.92 Å². The highest BCUT2D eigenvalue weighted by Gasteiger charge is 2.30. The average Bonchev–Trinajstić information content (AvgIpc) is 2.85. The first-order valence-electron chi connectivity index (χ1n) is 6.73. The Hall–Kier alpha value is -1.84. The minimum absolute atomic E-state index is 0.0405. The second kappa shape index (κ2) is 5.87. The summed E-state index contributed by atoms with van der Waals surface area (Å²) < 4.78 is 0. The number of rotatable bonds is 4. The summed E-state index contributed by atoms with van der Waals surface area (Å²) in [6.45, 7) is 2.73. The Morgan fingerprint density at radius 1 is 1.32 bits per heavy atom. The van der Waals surface area contributed by atoms with E-state index in [-0.39, 0.29) is 18.4 Å². The molecule has 19 heavy (non-hydrogen) atoms. The van der Waals surface area contributed by atoms with Crippen molar-refractivity contribution in [1.29, 1.82) is 0 Å². The van der Waals surface area contributed by atoms with E-state index in [0.29, 0.717) is 12.1 Å². The Balaban J connectivity index is 2.11. The fourth-order valence-corrected chi connectivity index (χ4v) is 2.57. The van der Waals surface area contributed by atoms with E-state index in [1.165, 1.54) is 5.56 Å². The molecule has 1 fully saturated rings. The van der Waals surface area contributed by atoms with Gasteiger partial charge in [0.05, 0.1) is 6.42 Å². The molecule has 0 spiro atoms. The van der Waals surface area contributed by atoms with Gasteiger partial charge < -0.3 is 10.0 Å². The molecule has 4 nitrogen and oxygen atoms in total. The molecule has 0 aliphatic carbocycles. The van der Waals surface area contributed by atoms with Crippen LogP contribution in [0.5, 0.6) is 0 Å². The number of carbonyl (C=O) groups excluding carboxylic acids is 1. The largest absolute Gasteiger partial charge is 0.481 e. The average molecular weight is 261 g/mol. The van der Waals surface area contributed by atoms with Gasteiger partial charge in [-0.1, -0.05) is 19.1 Å². The first-order valence-corrected chi connectivity index (χ1v) is 6.73. The number of carboxylic acid groups (broad SMARTS) is 1. The van der Waals surface area contributed by atoms with Gasteiger partial charge in [0.2, 0.25) is 0 Å². The summed E-state index contributed by atoms with van der Waals surface area (Å²) in [6, 6.07) is 7.41. The van der Waals surface area contributed by atoms with Gasteiger partial charge in [-0.15, -0.1) is 0 Å². The zero-order valence-corrected chi connectivity index (χ0v) is 11.1. The molecule has 0 bridgehead atoms. The van der Waals surface area contributed by atoms with Gasteiger partial charge in [0, 0.05) is 18.2 Å². The van der Waals surface area contributed by atoms with Crippen LogP contribution in [0.15, 0.2) is 24.3 Å². The summed E-state index contributed by atoms with van der Waals surface area (Å²) in [5, 5.41) is 8.87. The summed E-state index contributed by atoms with van der Waals surface area (Å²) in [4.78, 5) is 24.9. The fraction of sp³-hybridized carbons (Fsp3) is 0.467. The molecule has 1 saturated heterocycles. The lowest BCUT2D eigenvalue weighted by Crippen LogP contribution is -2.36. The SMILES string of the molecule is CCc1ccc(C(=O)N2CCCC2CC(=O)O)cc1. The molecule has 1 N–H and O–H groups in total. The zero-order chi connectivity index (χ0) is 13.8. The van der Waals surface area contributed by atoms with Crippen LogP contribution in [-0.2, 0) is 11.2 Å². The second-order valence-corrected chi connectivity index (χ2v) is 4.94. The maximum Gasteiger partial charge on any atom is 0.305 e. The summed E-state index contributed by atoms with van der Waals surface area (Å²) in [6.07, 6.45) is 2.65. The Kier molecular flexibility index (Phi) is 4.20. The first-order chi connectivity index (χ1) is 9.11. The molecule has 0 saturated carbocycles. The lowest BCUT2D eigenvalue weighted by Gasteiger charge is -2.23. The van der Waals surface area contributed by atoms with E-state index in [1.807, 2.05) is 24.3 Å². The molecule has 0 aromatic heterocycles. The molecule has 2 rings (SSSR count). The summed E-state index contributed by atoms with van der Waals surface area (Å²) in [7, 11) is 0. The van der Waals surface area contributed by atoms with Crippen molar-refractivity contribution in [2.75, 3.05) is 6.54 Å². The fourth-order valence-electron chi connectivity index (χ4n) is 2.57. The van der Waals surface area contributed by atoms with E-state index in [1.54, 1.807) is 4.90 Å². The van der Waals surface area contributed by atoms with Crippen LogP contribution in [0.25, 0.3) is 0 Å². The molecule has 1 amide bonds. The van der Waals surface area contributed by atoms with Crippen LogP contribution < -0.4 is 0 Å². The normalized spacial score (nSPS) is 18.6. The van der Waals surface area contributed by atoms with Crippen LogP contribution in [0.2, 0.25) is 0 Å². The van der Waals surface area contributed by atoms with Crippen molar-refractivity contribution in [1.82, 2.24) is 4.90 Å². The minimum atomic E-state index is -0.842. The number of benzene rings is 1. The predicted octanol–water partition coefficient (Wildman–Crippen LogP) is 2.33. The molecule has 1 heterocycles. The maximum atomic E-state index is 12.4. The standard InChI is InChI=1S/C15H19NO3/c1-2-11-5-7-12(8-6-11)15(19)16-9-3-4-13(16)10-14(17)18/h5-8,13H,2-4,9-10H2,1H3,(H,17,18). The molecule has 1 aromatic carbocycles. The van der Waals surface area contributed by atoms with Gasteiger partial charge in [0.25, 0.3) is 5.91 Å². The highest BCUT2D eigenvalue weighted by atomic mass is 16.4. The predicted molar refractivity (Wildman–Crippen MR) is 72.1 cm³/mol. The van der Waals surface area contributed by atoms with Gasteiger partial charge in [-0.3, -0.25) is 9.59 Å². The number of carboxylic acids is 1. The summed E-state index contributed by atoms with van der Waals surface area (Å²) in [5.74, 6) is -0.891. The Morgan fingerprint density at radius 2 is 2.00 bits per heavy atom. The monoisotopic (exact) mass is 261 g/mol. The van der Waals surface area contributed by atoms with Crippen molar-refractivity contribution in [2.45, 2.75) is 38.6 Å². The van der Waals surface area contributed by atoms with Crippen LogP contribution in [-0.4, -0.2) is 34.5 Å². The number of hydrogen-bond donors (Lipinski definition) is 1. The van der Waals surface area contributed by atoms with Crippen molar-refractivity contribution in [3.63, 3.8) is 0 Å². The maximum absolute atomic E-state index is 12.4. The van der Waals surface area contributed by atoms with Crippen molar-refractivity contribution in [3.05, 3.63) is 35.4 Å². The molecular weight excluding hydrogens is 242 g/mol. The van der Waals surface area contributed by atoms with Crippen LogP contribution >= 0.6 is 0 Å². The molecule has 1 atom stereocenters. The molecule has 4 heteroatoms. The molecule has 1 unspecified atom stereocenters. The first kappa shape index (κ1) is 13.6. The number of aryl methyl sites for hydroxylation is 1. The molecular formula is C15H19NO3. The molecule has 1 aliphatic rings. The molecule has 1 aliphatic heterocycles. The Bertz CT molecular complexity index is 467. The van der Waals surface area contributed by atoms with Crippen molar-refractivity contribution in [2.24, 2.45) is 0 Å². The minimum Gasteiger partial charge on any atom is -0.481 e. The van der Waals surface area contributed by atoms with Crippen LogP contribution in [0.4, 0.5) is 0 Å². The third-order valence-electron chi connectivity index (χ3n) is 3.66. The smallest absolute Gasteiger partial charge is 0.305 e. The van der Waals surface area contributed by atoms with Crippen molar-refractivity contribution in [3.8, 4) is 0 Å². The number of aliphatic carboxylic acids is 1. The van der Waals surface area contributed by atoms with Gasteiger partial charge in [-0.25, -0.2) is 0 Å². The summed E-state index contributed by atoms with van der Waals surface area (Å²) in [5.41, 5.74) is 1.84. The highest BCUT2D eigenvalue weighted by molar-refractivity contribution is 5.94. The van der Waals surface area contributed by atoms with Gasteiger partial charge in [0.15, 0.2) is 0 Å². The number of carbonyl (C=O) groups is 2. The van der Waals surface area contributed by atoms with Crippen molar-refractivity contribution < 1.29 is 14.7 Å². The third kappa shape index (κ3) is 3.13. The third-order valence-corrected chi connectivity index (χ3v) is 3.66. The number of amides is 1. The van der Waals surface area contributed by atoms with E-state index in [0.717, 1.165) is 19.3 Å². The Morgan fingerprint density at radius 3 is 2.58 bits per heavy atom. The summed E-state index contributed by atoms with van der Waals surface area (Å²) >= 11 is 0. The van der Waals surface area contributed by atoms with Crippen LogP contribution in [0, 0.1) is 0 Å². The van der Waals surface area contributed by atoms with E-state index in [9.17, 15) is 9.59 Å². The highest BCUT2D eigenvalue weighted by Crippen LogP contribution is 2.22. The topological polar surface area (TPSA) is 57.6 Å². The second-order valence-electron chi connectivity index (χ2n) is 4.94. The van der Waals surface area contributed by atoms with Crippen LogP contribution in [0.1, 0.15) is 42.1 Å². The molecule has 1 aromatic rings. The quantitative estimate of drug-likeness (QED) is 0.905. The van der Waals surface area contributed by atoms with Crippen LogP contribution in [0.3, 0.4) is 0 Å². The van der Waals surface area contributed by atoms with Gasteiger partial charge >= 0.3 is 5.97 Å². The lowest BCUT2D eigenvalue weighted by atomic mass is 10.1. The molecule has 102 valence electrons. The Labute approximate surface area is 113 Å². The number of hydrogen-bond acceptors (Lipinski definition) is 2. The zero-order valence-electron chi connectivity index (χ0n) is 11.1. The lowest BCUT2D eigenvalue weighted by molar-refractivity contribution is -0.137. The molecule has 0 radical (unpaired) electrons. The van der Waals surface area contributed by atoms with E-state index >= 15 is 0 Å². The van der Waals surface area contributed by atoms with E-state index in [4.69, 9.17) is 5.11 Å². The van der Waals surface area contributed by atoms with Gasteiger partial charge in [-0.05, 0) is 37.0 Å². The number of likely N-dealkylation sites (tertiary alicyclic amines) is 1. The number of nitrogens with zero attached hydrogens (tertiary/aromatic N) is 1. The van der Waals surface area contributed by atoms with E-state index < -0.39 is 5.97 Å². The van der Waals surface area contributed by atoms with Gasteiger partial charge in [0.1, 0.15) is 0 Å².